The van der Waals surface area contributed by atoms with E-state index >= 15 is 0 Å². The first-order valence-corrected chi connectivity index (χ1v) is 4.56. The van der Waals surface area contributed by atoms with Crippen molar-refractivity contribution in [2.45, 2.75) is 12.6 Å². The van der Waals surface area contributed by atoms with Crippen LogP contribution in [0, 0.1) is 10.1 Å². The Labute approximate surface area is 90.9 Å². The Hall–Kier alpha value is -1.18. The van der Waals surface area contributed by atoms with Crippen LogP contribution in [0.5, 0.6) is 0 Å². The van der Waals surface area contributed by atoms with Crippen LogP contribution in [-0.2, 0) is 11.3 Å². The van der Waals surface area contributed by atoms with Gasteiger partial charge in [-0.1, -0.05) is 0 Å². The van der Waals surface area contributed by atoms with Crippen molar-refractivity contribution in [3.63, 3.8) is 0 Å². The van der Waals surface area contributed by atoms with Crippen molar-refractivity contribution in [3.05, 3.63) is 21.6 Å². The summed E-state index contributed by atoms with van der Waals surface area (Å²) in [5.74, 6) is -0.285. The van der Waals surface area contributed by atoms with Crippen molar-refractivity contribution in [2.75, 3.05) is 13.7 Å². The van der Waals surface area contributed by atoms with Crippen molar-refractivity contribution in [2.24, 2.45) is 5.73 Å². The van der Waals surface area contributed by atoms with E-state index in [9.17, 15) is 10.1 Å². The molecule has 0 amide bonds. The van der Waals surface area contributed by atoms with Crippen LogP contribution in [0.25, 0.3) is 0 Å². The van der Waals surface area contributed by atoms with Gasteiger partial charge in [-0.25, -0.2) is 0 Å². The molecule has 0 aliphatic carbocycles. The highest BCUT2D eigenvalue weighted by molar-refractivity contribution is 6.28. The first kappa shape index (κ1) is 11.9. The van der Waals surface area contributed by atoms with Crippen LogP contribution in [0.15, 0.2) is 6.20 Å². The number of nitrogens with zero attached hydrogens (tertiary/aromatic N) is 3. The number of nitrogens with two attached hydrogens (primary N) is 1. The molecule has 1 aromatic rings. The second-order valence-corrected chi connectivity index (χ2v) is 3.21. The molecule has 1 aromatic heterocycles. The average molecular weight is 235 g/mol. The number of methoxy groups -OCH3 is 1. The lowest BCUT2D eigenvalue weighted by Gasteiger charge is -2.12. The molecule has 1 heterocycles. The SMILES string of the molecule is COC(CN)Cn1cc([N+](=O)[O-])nc1Cl. The van der Waals surface area contributed by atoms with Crippen molar-refractivity contribution in [3.8, 4) is 0 Å². The second kappa shape index (κ2) is 5.06. The van der Waals surface area contributed by atoms with Crippen LogP contribution in [0.3, 0.4) is 0 Å². The summed E-state index contributed by atoms with van der Waals surface area (Å²) in [5, 5.41) is 10.5. The van der Waals surface area contributed by atoms with Gasteiger partial charge in [0.15, 0.2) is 0 Å². The quantitative estimate of drug-likeness (QED) is 0.588. The number of aromatic nitrogens is 2. The van der Waals surface area contributed by atoms with E-state index in [0.717, 1.165) is 0 Å². The summed E-state index contributed by atoms with van der Waals surface area (Å²) in [7, 11) is 1.51. The Bertz CT molecular complexity index is 350. The smallest absolute Gasteiger partial charge is 0.378 e. The van der Waals surface area contributed by atoms with E-state index in [1.54, 1.807) is 0 Å². The minimum absolute atomic E-state index is 0.0530. The Morgan fingerprint density at radius 3 is 2.93 bits per heavy atom. The summed E-state index contributed by atoms with van der Waals surface area (Å²) in [6, 6.07) is 0. The van der Waals surface area contributed by atoms with Gasteiger partial charge in [-0.15, -0.1) is 0 Å². The number of hydrogen-bond acceptors (Lipinski definition) is 5. The summed E-state index contributed by atoms with van der Waals surface area (Å²) >= 11 is 5.70. The largest absolute Gasteiger partial charge is 0.383 e. The number of imidazole rings is 1. The molecule has 0 saturated heterocycles. The predicted octanol–water partition coefficient (Wildman–Crippen LogP) is 0.418. The minimum atomic E-state index is -0.605. The van der Waals surface area contributed by atoms with Gasteiger partial charge in [-0.05, 0) is 21.5 Å². The molecular weight excluding hydrogens is 224 g/mol. The maximum atomic E-state index is 10.4. The van der Waals surface area contributed by atoms with Gasteiger partial charge in [-0.2, -0.15) is 0 Å². The van der Waals surface area contributed by atoms with Crippen molar-refractivity contribution in [1.29, 1.82) is 0 Å². The van der Waals surface area contributed by atoms with Gasteiger partial charge in [0.05, 0.1) is 12.6 Å². The molecule has 0 aromatic carbocycles. The van der Waals surface area contributed by atoms with Crippen LogP contribution in [0.2, 0.25) is 5.28 Å². The Morgan fingerprint density at radius 1 is 1.87 bits per heavy atom. The number of rotatable bonds is 5. The molecule has 0 radical (unpaired) electrons. The zero-order valence-corrected chi connectivity index (χ0v) is 8.85. The molecule has 1 atom stereocenters. The molecule has 84 valence electrons. The van der Waals surface area contributed by atoms with Crippen LogP contribution in [0.4, 0.5) is 5.82 Å². The van der Waals surface area contributed by atoms with E-state index in [0.29, 0.717) is 13.1 Å². The van der Waals surface area contributed by atoms with Gasteiger partial charge in [0, 0.05) is 13.7 Å². The zero-order valence-electron chi connectivity index (χ0n) is 8.09. The molecule has 1 rings (SSSR count). The maximum Gasteiger partial charge on any atom is 0.383 e. The zero-order chi connectivity index (χ0) is 11.4. The van der Waals surface area contributed by atoms with E-state index in [-0.39, 0.29) is 17.2 Å². The van der Waals surface area contributed by atoms with Crippen LogP contribution in [0.1, 0.15) is 0 Å². The summed E-state index contributed by atoms with van der Waals surface area (Å²) in [6.45, 7) is 0.644. The first-order chi connectivity index (χ1) is 7.08. The topological polar surface area (TPSA) is 96.2 Å². The molecule has 15 heavy (non-hydrogen) atoms. The highest BCUT2D eigenvalue weighted by atomic mass is 35.5. The fourth-order valence-corrected chi connectivity index (χ4v) is 1.27. The fraction of sp³-hybridized carbons (Fsp3) is 0.571. The lowest BCUT2D eigenvalue weighted by molar-refractivity contribution is -0.389. The van der Waals surface area contributed by atoms with Gasteiger partial charge in [-0.3, -0.25) is 4.57 Å². The summed E-state index contributed by atoms with van der Waals surface area (Å²) in [5.41, 5.74) is 5.41. The van der Waals surface area contributed by atoms with Crippen LogP contribution >= 0.6 is 11.6 Å². The summed E-state index contributed by atoms with van der Waals surface area (Å²) < 4.78 is 6.46. The second-order valence-electron chi connectivity index (χ2n) is 2.87. The van der Waals surface area contributed by atoms with Crippen LogP contribution in [-0.4, -0.2) is 34.2 Å². The molecule has 1 unspecified atom stereocenters. The number of hydrogen-bond donors (Lipinski definition) is 1. The predicted molar refractivity (Wildman–Crippen MR) is 53.7 cm³/mol. The molecule has 0 bridgehead atoms. The highest BCUT2D eigenvalue weighted by Crippen LogP contribution is 2.15. The van der Waals surface area contributed by atoms with Gasteiger partial charge in [0.1, 0.15) is 6.20 Å². The van der Waals surface area contributed by atoms with Gasteiger partial charge < -0.3 is 20.6 Å². The third kappa shape index (κ3) is 2.88. The van der Waals surface area contributed by atoms with E-state index < -0.39 is 4.92 Å². The lowest BCUT2D eigenvalue weighted by atomic mass is 10.3. The van der Waals surface area contributed by atoms with Crippen molar-refractivity contribution >= 4 is 17.4 Å². The molecule has 0 aliphatic heterocycles. The molecule has 0 spiro atoms. The highest BCUT2D eigenvalue weighted by Gasteiger charge is 2.18. The van der Waals surface area contributed by atoms with Crippen molar-refractivity contribution in [1.82, 2.24) is 9.55 Å². The van der Waals surface area contributed by atoms with Gasteiger partial charge in [0.25, 0.3) is 0 Å². The number of ether oxygens (including phenoxy) is 1. The molecule has 0 fully saturated rings. The minimum Gasteiger partial charge on any atom is -0.378 e. The standard InChI is InChI=1S/C7H11ClN4O3/c1-15-5(2-9)3-11-4-6(12(13)14)10-7(11)8/h4-5H,2-3,9H2,1H3. The third-order valence-electron chi connectivity index (χ3n) is 1.90. The summed E-state index contributed by atoms with van der Waals surface area (Å²) in [4.78, 5) is 13.4. The Morgan fingerprint density at radius 2 is 2.53 bits per heavy atom. The maximum absolute atomic E-state index is 10.4. The Kier molecular flexibility index (Phi) is 4.01. The van der Waals surface area contributed by atoms with Crippen LogP contribution < -0.4 is 5.73 Å². The fourth-order valence-electron chi connectivity index (χ4n) is 1.06. The van der Waals surface area contributed by atoms with Gasteiger partial charge in [0.2, 0.25) is 0 Å². The third-order valence-corrected chi connectivity index (χ3v) is 2.20. The first-order valence-electron chi connectivity index (χ1n) is 4.18. The Balaban J connectivity index is 2.81. The van der Waals surface area contributed by atoms with E-state index in [2.05, 4.69) is 4.98 Å². The van der Waals surface area contributed by atoms with Gasteiger partial charge >= 0.3 is 11.1 Å². The molecule has 8 heteroatoms. The summed E-state index contributed by atoms with van der Waals surface area (Å²) in [6.07, 6.45) is 1.01. The van der Waals surface area contributed by atoms with E-state index in [1.165, 1.54) is 17.9 Å². The average Bonchev–Trinajstić information content (AvgIpc) is 2.56. The van der Waals surface area contributed by atoms with Crippen molar-refractivity contribution < 1.29 is 9.66 Å². The number of nitro groups is 1. The monoisotopic (exact) mass is 234 g/mol. The lowest BCUT2D eigenvalue weighted by Crippen LogP contribution is -2.27. The molecular formula is C7H11ClN4O3. The molecule has 0 saturated carbocycles. The normalized spacial score (nSPS) is 12.7. The molecule has 0 aliphatic rings. The molecule has 7 nitrogen and oxygen atoms in total. The van der Waals surface area contributed by atoms with E-state index in [1.807, 2.05) is 0 Å². The molecule has 2 N–H and O–H groups in total. The number of halogens is 1. The van der Waals surface area contributed by atoms with E-state index in [4.69, 9.17) is 22.1 Å².